The molecule has 2 fully saturated rings. The van der Waals surface area contributed by atoms with E-state index in [2.05, 4.69) is 29.4 Å². The molecule has 2 saturated heterocycles. The van der Waals surface area contributed by atoms with E-state index < -0.39 is 0 Å². The highest BCUT2D eigenvalue weighted by molar-refractivity contribution is 5.85. The molecular weight excluding hydrogens is 262 g/mol. The number of carbonyl (C=O) groups excluding carboxylic acids is 1. The molecule has 0 aromatic carbocycles. The summed E-state index contributed by atoms with van der Waals surface area (Å²) in [7, 11) is 0. The Labute approximate surface area is 123 Å². The Bertz CT molecular complexity index is 300. The maximum absolute atomic E-state index is 12.1. The number of halogens is 1. The summed E-state index contributed by atoms with van der Waals surface area (Å²) >= 11 is 0. The fourth-order valence-corrected chi connectivity index (χ4v) is 3.05. The molecule has 0 aromatic rings. The molecule has 0 spiro atoms. The van der Waals surface area contributed by atoms with Crippen LogP contribution in [0.15, 0.2) is 0 Å². The first-order chi connectivity index (χ1) is 8.61. The molecule has 2 N–H and O–H groups in total. The van der Waals surface area contributed by atoms with Gasteiger partial charge in [-0.15, -0.1) is 12.4 Å². The van der Waals surface area contributed by atoms with Crippen molar-refractivity contribution in [1.29, 1.82) is 0 Å². The van der Waals surface area contributed by atoms with Gasteiger partial charge in [-0.1, -0.05) is 6.92 Å². The van der Waals surface area contributed by atoms with Crippen LogP contribution in [0.1, 0.15) is 33.6 Å². The van der Waals surface area contributed by atoms with E-state index in [0.717, 1.165) is 37.9 Å². The van der Waals surface area contributed by atoms with Gasteiger partial charge >= 0.3 is 0 Å². The SMILES string of the molecule is CCC(C)NC(=O)C(C)N1CCC2CNCC2C1.Cl. The van der Waals surface area contributed by atoms with Crippen molar-refractivity contribution in [1.82, 2.24) is 15.5 Å². The zero-order chi connectivity index (χ0) is 13.1. The number of piperidine rings is 1. The van der Waals surface area contributed by atoms with Crippen molar-refractivity contribution in [3.05, 3.63) is 0 Å². The summed E-state index contributed by atoms with van der Waals surface area (Å²) in [6, 6.07) is 0.297. The van der Waals surface area contributed by atoms with E-state index in [0.29, 0.717) is 0 Å². The summed E-state index contributed by atoms with van der Waals surface area (Å²) < 4.78 is 0. The second-order valence-electron chi connectivity index (χ2n) is 5.96. The number of carbonyl (C=O) groups is 1. The Kier molecular flexibility index (Phi) is 6.57. The van der Waals surface area contributed by atoms with Gasteiger partial charge in [0, 0.05) is 12.6 Å². The molecule has 112 valence electrons. The van der Waals surface area contributed by atoms with Gasteiger partial charge in [0.1, 0.15) is 0 Å². The van der Waals surface area contributed by atoms with Crippen LogP contribution in [-0.2, 0) is 4.79 Å². The molecule has 19 heavy (non-hydrogen) atoms. The Morgan fingerprint density at radius 1 is 1.37 bits per heavy atom. The van der Waals surface area contributed by atoms with Crippen molar-refractivity contribution in [2.24, 2.45) is 11.8 Å². The number of rotatable bonds is 4. The van der Waals surface area contributed by atoms with E-state index in [1.165, 1.54) is 13.0 Å². The number of nitrogens with zero attached hydrogens (tertiary/aromatic N) is 1. The molecule has 0 aliphatic carbocycles. The molecule has 2 heterocycles. The second-order valence-corrected chi connectivity index (χ2v) is 5.96. The third kappa shape index (κ3) is 4.07. The second kappa shape index (κ2) is 7.46. The van der Waals surface area contributed by atoms with Gasteiger partial charge in [-0.2, -0.15) is 0 Å². The summed E-state index contributed by atoms with van der Waals surface area (Å²) in [5, 5.41) is 6.56. The molecule has 0 bridgehead atoms. The first kappa shape index (κ1) is 16.7. The molecule has 4 nitrogen and oxygen atoms in total. The van der Waals surface area contributed by atoms with Gasteiger partial charge < -0.3 is 10.6 Å². The molecule has 0 saturated carbocycles. The monoisotopic (exact) mass is 289 g/mol. The van der Waals surface area contributed by atoms with Gasteiger partial charge in [0.2, 0.25) is 5.91 Å². The lowest BCUT2D eigenvalue weighted by Gasteiger charge is -2.37. The van der Waals surface area contributed by atoms with Crippen molar-refractivity contribution in [2.75, 3.05) is 26.2 Å². The minimum Gasteiger partial charge on any atom is -0.352 e. The lowest BCUT2D eigenvalue weighted by Crippen LogP contribution is -2.52. The molecule has 0 radical (unpaired) electrons. The lowest BCUT2D eigenvalue weighted by atomic mass is 9.88. The molecule has 0 aromatic heterocycles. The van der Waals surface area contributed by atoms with Crippen LogP contribution in [0, 0.1) is 11.8 Å². The smallest absolute Gasteiger partial charge is 0.237 e. The van der Waals surface area contributed by atoms with Crippen molar-refractivity contribution in [3.63, 3.8) is 0 Å². The van der Waals surface area contributed by atoms with Gasteiger partial charge in [-0.05, 0) is 58.2 Å². The first-order valence-corrected chi connectivity index (χ1v) is 7.37. The predicted octanol–water partition coefficient (Wildman–Crippen LogP) is 1.25. The standard InChI is InChI=1S/C14H27N3O.ClH/c1-4-10(2)16-14(18)11(3)17-6-5-12-7-15-8-13(12)9-17;/h10-13,15H,4-9H2,1-3H3,(H,16,18);1H. The number of amides is 1. The quantitative estimate of drug-likeness (QED) is 0.819. The topological polar surface area (TPSA) is 44.4 Å². The average molecular weight is 290 g/mol. The highest BCUT2D eigenvalue weighted by Gasteiger charge is 2.35. The molecule has 4 unspecified atom stereocenters. The first-order valence-electron chi connectivity index (χ1n) is 7.37. The maximum Gasteiger partial charge on any atom is 0.237 e. The van der Waals surface area contributed by atoms with Crippen LogP contribution in [0.3, 0.4) is 0 Å². The Hall–Kier alpha value is -0.320. The van der Waals surface area contributed by atoms with Crippen LogP contribution in [-0.4, -0.2) is 49.1 Å². The lowest BCUT2D eigenvalue weighted by molar-refractivity contribution is -0.127. The largest absolute Gasteiger partial charge is 0.352 e. The molecule has 2 aliphatic heterocycles. The van der Waals surface area contributed by atoms with Crippen LogP contribution < -0.4 is 10.6 Å². The molecule has 1 amide bonds. The molecule has 2 aliphatic rings. The number of likely N-dealkylation sites (tertiary alicyclic amines) is 1. The fourth-order valence-electron chi connectivity index (χ4n) is 3.05. The summed E-state index contributed by atoms with van der Waals surface area (Å²) in [5.41, 5.74) is 0. The Morgan fingerprint density at radius 2 is 2.05 bits per heavy atom. The van der Waals surface area contributed by atoms with Crippen molar-refractivity contribution < 1.29 is 4.79 Å². The Morgan fingerprint density at radius 3 is 2.74 bits per heavy atom. The van der Waals surface area contributed by atoms with Crippen LogP contribution >= 0.6 is 12.4 Å². The van der Waals surface area contributed by atoms with Crippen molar-refractivity contribution >= 4 is 18.3 Å². The number of fused-ring (bicyclic) bond motifs is 1. The van der Waals surface area contributed by atoms with Crippen LogP contribution in [0.25, 0.3) is 0 Å². The highest BCUT2D eigenvalue weighted by atomic mass is 35.5. The summed E-state index contributed by atoms with van der Waals surface area (Å²) in [4.78, 5) is 14.5. The predicted molar refractivity (Wildman–Crippen MR) is 80.6 cm³/mol. The van der Waals surface area contributed by atoms with Crippen molar-refractivity contribution in [2.45, 2.75) is 45.7 Å². The zero-order valence-corrected chi connectivity index (χ0v) is 13.1. The number of nitrogens with one attached hydrogen (secondary N) is 2. The summed E-state index contributed by atoms with van der Waals surface area (Å²) in [6.07, 6.45) is 2.23. The zero-order valence-electron chi connectivity index (χ0n) is 12.3. The van der Waals surface area contributed by atoms with Gasteiger partial charge in [0.25, 0.3) is 0 Å². The van der Waals surface area contributed by atoms with Crippen LogP contribution in [0.5, 0.6) is 0 Å². The number of hydrogen-bond donors (Lipinski definition) is 2. The molecule has 4 atom stereocenters. The average Bonchev–Trinajstić information content (AvgIpc) is 2.84. The fraction of sp³-hybridized carbons (Fsp3) is 0.929. The van der Waals surface area contributed by atoms with E-state index in [1.807, 2.05) is 6.92 Å². The third-order valence-corrected chi connectivity index (χ3v) is 4.66. The van der Waals surface area contributed by atoms with E-state index in [9.17, 15) is 4.79 Å². The van der Waals surface area contributed by atoms with Gasteiger partial charge in [0.15, 0.2) is 0 Å². The minimum atomic E-state index is 0. The minimum absolute atomic E-state index is 0. The molecule has 5 heteroatoms. The van der Waals surface area contributed by atoms with Gasteiger partial charge in [-0.25, -0.2) is 0 Å². The Balaban J connectivity index is 0.00000180. The van der Waals surface area contributed by atoms with E-state index in [-0.39, 0.29) is 30.4 Å². The van der Waals surface area contributed by atoms with Crippen LogP contribution in [0.4, 0.5) is 0 Å². The molecular formula is C14H28ClN3O. The van der Waals surface area contributed by atoms with E-state index >= 15 is 0 Å². The molecule has 2 rings (SSSR count). The highest BCUT2D eigenvalue weighted by Crippen LogP contribution is 2.27. The summed E-state index contributed by atoms with van der Waals surface area (Å²) in [5.74, 6) is 1.78. The number of hydrogen-bond acceptors (Lipinski definition) is 3. The maximum atomic E-state index is 12.1. The van der Waals surface area contributed by atoms with Crippen LogP contribution in [0.2, 0.25) is 0 Å². The normalized spacial score (nSPS) is 30.1. The van der Waals surface area contributed by atoms with Crippen molar-refractivity contribution in [3.8, 4) is 0 Å². The van der Waals surface area contributed by atoms with E-state index in [4.69, 9.17) is 0 Å². The van der Waals surface area contributed by atoms with Gasteiger partial charge in [0.05, 0.1) is 6.04 Å². The summed E-state index contributed by atoms with van der Waals surface area (Å²) in [6.45, 7) is 10.7. The van der Waals surface area contributed by atoms with E-state index in [1.54, 1.807) is 0 Å². The van der Waals surface area contributed by atoms with Gasteiger partial charge in [-0.3, -0.25) is 9.69 Å². The third-order valence-electron chi connectivity index (χ3n) is 4.66.